The fourth-order valence-corrected chi connectivity index (χ4v) is 3.56. The molecule has 0 unspecified atom stereocenters. The monoisotopic (exact) mass is 374 g/mol. The molecule has 0 aliphatic carbocycles. The van der Waals surface area contributed by atoms with E-state index in [1.165, 1.54) is 5.56 Å². The first kappa shape index (κ1) is 19.5. The molecule has 27 heavy (non-hydrogen) atoms. The standard InChI is InChI=1S/C20H30N4O3/c1-20(2,3)27-19(26)22-11-12-23-17(13-22)14-24(18(23)25)16-8-6-15(7-9-16)5-4-10-21/h6-9,17H,4-5,10-14,21H2,1-3H3/t17-/m0/s1. The summed E-state index contributed by atoms with van der Waals surface area (Å²) in [5.41, 5.74) is 7.17. The van der Waals surface area contributed by atoms with Crippen LogP contribution in [0.1, 0.15) is 32.8 Å². The Morgan fingerprint density at radius 2 is 1.89 bits per heavy atom. The second-order valence-corrected chi connectivity index (χ2v) is 8.23. The second kappa shape index (κ2) is 7.76. The van der Waals surface area contributed by atoms with E-state index in [0.717, 1.165) is 18.5 Å². The van der Waals surface area contributed by atoms with E-state index in [9.17, 15) is 9.59 Å². The van der Waals surface area contributed by atoms with E-state index in [2.05, 4.69) is 12.1 Å². The fraction of sp³-hybridized carbons (Fsp3) is 0.600. The first-order valence-corrected chi connectivity index (χ1v) is 9.63. The van der Waals surface area contributed by atoms with Gasteiger partial charge in [0.1, 0.15) is 5.60 Å². The van der Waals surface area contributed by atoms with Crippen LogP contribution in [0, 0.1) is 0 Å². The molecule has 2 fully saturated rings. The number of rotatable bonds is 4. The number of nitrogens with two attached hydrogens (primary N) is 1. The number of carbonyl (C=O) groups is 2. The molecular weight excluding hydrogens is 344 g/mol. The molecule has 0 aromatic heterocycles. The third kappa shape index (κ3) is 4.53. The van der Waals surface area contributed by atoms with Gasteiger partial charge in [-0.3, -0.25) is 4.90 Å². The van der Waals surface area contributed by atoms with Gasteiger partial charge < -0.3 is 20.3 Å². The molecule has 0 radical (unpaired) electrons. The minimum absolute atomic E-state index is 0.00400. The molecule has 3 amide bonds. The summed E-state index contributed by atoms with van der Waals surface area (Å²) in [5.74, 6) is 0. The Balaban J connectivity index is 1.64. The van der Waals surface area contributed by atoms with Crippen LogP contribution >= 0.6 is 0 Å². The van der Waals surface area contributed by atoms with E-state index < -0.39 is 5.60 Å². The summed E-state index contributed by atoms with van der Waals surface area (Å²) < 4.78 is 5.47. The van der Waals surface area contributed by atoms with Crippen LogP contribution in [0.15, 0.2) is 24.3 Å². The lowest BCUT2D eigenvalue weighted by Crippen LogP contribution is -2.54. The zero-order chi connectivity index (χ0) is 19.6. The Labute approximate surface area is 161 Å². The number of hydrogen-bond donors (Lipinski definition) is 1. The molecule has 148 valence electrons. The first-order valence-electron chi connectivity index (χ1n) is 9.63. The van der Waals surface area contributed by atoms with E-state index in [0.29, 0.717) is 32.7 Å². The molecule has 7 heteroatoms. The van der Waals surface area contributed by atoms with Crippen molar-refractivity contribution in [3.8, 4) is 0 Å². The number of aryl methyl sites for hydroxylation is 1. The van der Waals surface area contributed by atoms with Crippen molar-refractivity contribution in [1.29, 1.82) is 0 Å². The molecule has 1 aromatic carbocycles. The van der Waals surface area contributed by atoms with Crippen molar-refractivity contribution in [2.24, 2.45) is 5.73 Å². The average molecular weight is 374 g/mol. The number of carbonyl (C=O) groups excluding carboxylic acids is 2. The number of urea groups is 1. The van der Waals surface area contributed by atoms with Crippen LogP contribution < -0.4 is 10.6 Å². The Hall–Kier alpha value is -2.28. The molecule has 0 bridgehead atoms. The number of ether oxygens (including phenoxy) is 1. The van der Waals surface area contributed by atoms with E-state index in [-0.39, 0.29) is 18.2 Å². The number of anilines is 1. The number of benzene rings is 1. The van der Waals surface area contributed by atoms with Crippen LogP contribution in [0.5, 0.6) is 0 Å². The largest absolute Gasteiger partial charge is 0.444 e. The Morgan fingerprint density at radius 1 is 1.19 bits per heavy atom. The lowest BCUT2D eigenvalue weighted by atomic mass is 10.1. The summed E-state index contributed by atoms with van der Waals surface area (Å²) in [4.78, 5) is 30.5. The Bertz CT molecular complexity index is 683. The van der Waals surface area contributed by atoms with Crippen LogP contribution in [-0.4, -0.2) is 66.3 Å². The molecule has 7 nitrogen and oxygen atoms in total. The zero-order valence-corrected chi connectivity index (χ0v) is 16.5. The van der Waals surface area contributed by atoms with Crippen molar-refractivity contribution in [3.63, 3.8) is 0 Å². The highest BCUT2D eigenvalue weighted by atomic mass is 16.6. The quantitative estimate of drug-likeness (QED) is 0.878. The van der Waals surface area contributed by atoms with E-state index in [1.807, 2.05) is 37.8 Å². The minimum Gasteiger partial charge on any atom is -0.444 e. The minimum atomic E-state index is -0.516. The average Bonchev–Trinajstić information content (AvgIpc) is 2.95. The van der Waals surface area contributed by atoms with Crippen molar-refractivity contribution >= 4 is 17.8 Å². The van der Waals surface area contributed by atoms with Gasteiger partial charge in [-0.05, 0) is 57.9 Å². The van der Waals surface area contributed by atoms with Crippen LogP contribution in [0.2, 0.25) is 0 Å². The van der Waals surface area contributed by atoms with Crippen molar-refractivity contribution in [3.05, 3.63) is 29.8 Å². The third-order valence-corrected chi connectivity index (χ3v) is 4.92. The van der Waals surface area contributed by atoms with Crippen molar-refractivity contribution in [2.75, 3.05) is 37.6 Å². The lowest BCUT2D eigenvalue weighted by molar-refractivity contribution is 0.0128. The summed E-state index contributed by atoms with van der Waals surface area (Å²) in [7, 11) is 0. The highest BCUT2D eigenvalue weighted by Gasteiger charge is 2.42. The van der Waals surface area contributed by atoms with Gasteiger partial charge in [0.2, 0.25) is 0 Å². The van der Waals surface area contributed by atoms with Gasteiger partial charge in [0.15, 0.2) is 0 Å². The van der Waals surface area contributed by atoms with Crippen molar-refractivity contribution in [2.45, 2.75) is 45.3 Å². The maximum absolute atomic E-state index is 12.8. The van der Waals surface area contributed by atoms with Gasteiger partial charge >= 0.3 is 12.1 Å². The number of nitrogens with zero attached hydrogens (tertiary/aromatic N) is 3. The molecule has 2 N–H and O–H groups in total. The number of fused-ring (bicyclic) bond motifs is 1. The van der Waals surface area contributed by atoms with Crippen LogP contribution in [0.4, 0.5) is 15.3 Å². The van der Waals surface area contributed by atoms with Crippen LogP contribution in [0.25, 0.3) is 0 Å². The highest BCUT2D eigenvalue weighted by molar-refractivity contribution is 5.95. The summed E-state index contributed by atoms with van der Waals surface area (Å²) in [6.45, 7) is 8.39. The van der Waals surface area contributed by atoms with E-state index in [4.69, 9.17) is 10.5 Å². The maximum atomic E-state index is 12.8. The number of amides is 3. The Kier molecular flexibility index (Phi) is 5.60. The van der Waals surface area contributed by atoms with E-state index in [1.54, 1.807) is 9.80 Å². The molecule has 2 saturated heterocycles. The predicted octanol–water partition coefficient (Wildman–Crippen LogP) is 2.44. The molecule has 2 aliphatic rings. The summed E-state index contributed by atoms with van der Waals surface area (Å²) in [6.07, 6.45) is 1.60. The van der Waals surface area contributed by atoms with Gasteiger partial charge in [-0.1, -0.05) is 12.1 Å². The smallest absolute Gasteiger partial charge is 0.410 e. The highest BCUT2D eigenvalue weighted by Crippen LogP contribution is 2.27. The molecule has 2 heterocycles. The van der Waals surface area contributed by atoms with Crippen molar-refractivity contribution in [1.82, 2.24) is 9.80 Å². The molecular formula is C20H30N4O3. The number of piperazine rings is 1. The molecule has 1 aromatic rings. The summed E-state index contributed by atoms with van der Waals surface area (Å²) in [6, 6.07) is 8.11. The van der Waals surface area contributed by atoms with Gasteiger partial charge in [0.05, 0.1) is 6.04 Å². The van der Waals surface area contributed by atoms with Gasteiger partial charge in [-0.2, -0.15) is 0 Å². The lowest BCUT2D eigenvalue weighted by Gasteiger charge is -2.36. The topological polar surface area (TPSA) is 79.1 Å². The number of hydrogen-bond acceptors (Lipinski definition) is 4. The first-order chi connectivity index (χ1) is 12.8. The third-order valence-electron chi connectivity index (χ3n) is 4.92. The molecule has 0 spiro atoms. The normalized spacial score (nSPS) is 20.1. The van der Waals surface area contributed by atoms with Gasteiger partial charge in [-0.15, -0.1) is 0 Å². The predicted molar refractivity (Wildman–Crippen MR) is 105 cm³/mol. The fourth-order valence-electron chi connectivity index (χ4n) is 3.56. The van der Waals surface area contributed by atoms with Crippen LogP contribution in [-0.2, 0) is 11.2 Å². The zero-order valence-electron chi connectivity index (χ0n) is 16.5. The molecule has 0 saturated carbocycles. The second-order valence-electron chi connectivity index (χ2n) is 8.23. The molecule has 1 atom stereocenters. The van der Waals surface area contributed by atoms with Gasteiger partial charge in [-0.25, -0.2) is 9.59 Å². The Morgan fingerprint density at radius 3 is 2.52 bits per heavy atom. The van der Waals surface area contributed by atoms with Crippen LogP contribution in [0.3, 0.4) is 0 Å². The van der Waals surface area contributed by atoms with Gasteiger partial charge in [0, 0.05) is 31.9 Å². The summed E-state index contributed by atoms with van der Waals surface area (Å²) >= 11 is 0. The molecule has 3 rings (SSSR count). The molecule has 2 aliphatic heterocycles. The van der Waals surface area contributed by atoms with Gasteiger partial charge in [0.25, 0.3) is 0 Å². The van der Waals surface area contributed by atoms with Crippen molar-refractivity contribution < 1.29 is 14.3 Å². The SMILES string of the molecule is CC(C)(C)OC(=O)N1CCN2C(=O)N(c3ccc(CCCN)cc3)C[C@@H]2C1. The maximum Gasteiger partial charge on any atom is 0.410 e. The van der Waals surface area contributed by atoms with E-state index >= 15 is 0 Å². The summed E-state index contributed by atoms with van der Waals surface area (Å²) in [5, 5.41) is 0.